The molecular weight excluding hydrogens is 388 g/mol. The molecule has 0 spiro atoms. The van der Waals surface area contributed by atoms with Crippen molar-refractivity contribution in [3.8, 4) is 23.0 Å². The van der Waals surface area contributed by atoms with Crippen LogP contribution in [0.25, 0.3) is 0 Å². The predicted molar refractivity (Wildman–Crippen MR) is 108 cm³/mol. The van der Waals surface area contributed by atoms with Crippen molar-refractivity contribution in [1.29, 1.82) is 0 Å². The van der Waals surface area contributed by atoms with Crippen LogP contribution in [0.2, 0.25) is 0 Å². The number of carbonyl (C=O) groups is 2. The fraction of sp³-hybridized carbons (Fsp3) is 0.364. The van der Waals surface area contributed by atoms with E-state index in [9.17, 15) is 9.59 Å². The Morgan fingerprint density at radius 3 is 2.67 bits per heavy atom. The van der Waals surface area contributed by atoms with Crippen molar-refractivity contribution in [2.75, 3.05) is 34.1 Å². The number of amides is 2. The number of likely N-dealkylation sites (tertiary alicyclic amines) is 1. The topological polar surface area (TPSA) is 86.3 Å². The first kappa shape index (κ1) is 19.9. The van der Waals surface area contributed by atoms with Crippen molar-refractivity contribution in [1.82, 2.24) is 10.2 Å². The van der Waals surface area contributed by atoms with Gasteiger partial charge in [-0.25, -0.2) is 0 Å². The van der Waals surface area contributed by atoms with Gasteiger partial charge in [0.1, 0.15) is 0 Å². The highest BCUT2D eigenvalue weighted by atomic mass is 16.7. The van der Waals surface area contributed by atoms with Gasteiger partial charge in [0, 0.05) is 12.1 Å². The Hall–Kier alpha value is -3.42. The van der Waals surface area contributed by atoms with Crippen LogP contribution in [0.15, 0.2) is 36.4 Å². The summed E-state index contributed by atoms with van der Waals surface area (Å²) in [4.78, 5) is 27.1. The zero-order chi connectivity index (χ0) is 21.1. The number of rotatable bonds is 6. The molecule has 8 heteroatoms. The zero-order valence-corrected chi connectivity index (χ0v) is 17.0. The number of hydrogen-bond donors (Lipinski definition) is 1. The zero-order valence-electron chi connectivity index (χ0n) is 17.0. The van der Waals surface area contributed by atoms with Crippen LogP contribution in [-0.4, -0.2) is 50.8 Å². The highest BCUT2D eigenvalue weighted by molar-refractivity contribution is 5.97. The van der Waals surface area contributed by atoms with Gasteiger partial charge in [-0.3, -0.25) is 9.59 Å². The molecule has 1 fully saturated rings. The first-order valence-electron chi connectivity index (χ1n) is 9.80. The largest absolute Gasteiger partial charge is 0.493 e. The summed E-state index contributed by atoms with van der Waals surface area (Å²) in [5, 5.41) is 2.71. The highest BCUT2D eigenvalue weighted by Gasteiger charge is 2.30. The van der Waals surface area contributed by atoms with Gasteiger partial charge < -0.3 is 29.2 Å². The van der Waals surface area contributed by atoms with Gasteiger partial charge in [0.25, 0.3) is 5.91 Å². The van der Waals surface area contributed by atoms with E-state index in [-0.39, 0.29) is 31.2 Å². The van der Waals surface area contributed by atoms with Crippen LogP contribution in [0, 0.1) is 0 Å². The molecule has 2 aliphatic rings. The Bertz CT molecular complexity index is 961. The average Bonchev–Trinajstić information content (AvgIpc) is 3.45. The van der Waals surface area contributed by atoms with Gasteiger partial charge >= 0.3 is 0 Å². The summed E-state index contributed by atoms with van der Waals surface area (Å²) in [6.45, 7) is 0.722. The lowest BCUT2D eigenvalue weighted by Gasteiger charge is -2.26. The fourth-order valence-electron chi connectivity index (χ4n) is 3.87. The molecule has 2 aromatic carbocycles. The van der Waals surface area contributed by atoms with Crippen LogP contribution in [0.5, 0.6) is 23.0 Å². The number of ether oxygens (including phenoxy) is 4. The molecule has 2 aliphatic heterocycles. The van der Waals surface area contributed by atoms with E-state index in [0.717, 1.165) is 18.4 Å². The van der Waals surface area contributed by atoms with E-state index in [2.05, 4.69) is 5.32 Å². The molecule has 2 amide bonds. The summed E-state index contributed by atoms with van der Waals surface area (Å²) in [6, 6.07) is 10.6. The minimum absolute atomic E-state index is 0.0558. The van der Waals surface area contributed by atoms with E-state index < -0.39 is 0 Å². The first-order chi connectivity index (χ1) is 14.6. The molecule has 0 aliphatic carbocycles. The third kappa shape index (κ3) is 3.85. The van der Waals surface area contributed by atoms with Crippen LogP contribution >= 0.6 is 0 Å². The van der Waals surface area contributed by atoms with E-state index in [1.165, 1.54) is 0 Å². The standard InChI is InChI=1S/C22H24N2O6/c1-27-17-7-5-14(10-19(17)28-2)16-4-3-9-24(16)21(25)12-23-22(26)15-6-8-18-20(11-15)30-13-29-18/h5-8,10-11,16H,3-4,9,12-13H2,1-2H3,(H,23,26)/t16-/m0/s1. The van der Waals surface area contributed by atoms with Gasteiger partial charge in [-0.2, -0.15) is 0 Å². The van der Waals surface area contributed by atoms with Crippen molar-refractivity contribution in [3.05, 3.63) is 47.5 Å². The first-order valence-corrected chi connectivity index (χ1v) is 9.80. The number of carbonyl (C=O) groups excluding carboxylic acids is 2. The number of hydrogen-bond acceptors (Lipinski definition) is 6. The molecule has 0 bridgehead atoms. The number of fused-ring (bicyclic) bond motifs is 1. The van der Waals surface area contributed by atoms with Gasteiger partial charge in [0.15, 0.2) is 23.0 Å². The molecule has 0 radical (unpaired) electrons. The lowest BCUT2D eigenvalue weighted by molar-refractivity contribution is -0.131. The summed E-state index contributed by atoms with van der Waals surface area (Å²) >= 11 is 0. The van der Waals surface area contributed by atoms with Crippen LogP contribution in [0.1, 0.15) is 34.8 Å². The van der Waals surface area contributed by atoms with E-state index in [4.69, 9.17) is 18.9 Å². The fourth-order valence-corrected chi connectivity index (χ4v) is 3.87. The van der Waals surface area contributed by atoms with Crippen molar-refractivity contribution in [3.63, 3.8) is 0 Å². The Kier molecular flexibility index (Phi) is 5.65. The van der Waals surface area contributed by atoms with E-state index >= 15 is 0 Å². The second-order valence-corrected chi connectivity index (χ2v) is 7.11. The number of nitrogens with one attached hydrogen (secondary N) is 1. The monoisotopic (exact) mass is 412 g/mol. The second kappa shape index (κ2) is 8.52. The molecule has 0 aromatic heterocycles. The summed E-state index contributed by atoms with van der Waals surface area (Å²) < 4.78 is 21.2. The van der Waals surface area contributed by atoms with Gasteiger partial charge in [-0.15, -0.1) is 0 Å². The van der Waals surface area contributed by atoms with Crippen LogP contribution < -0.4 is 24.3 Å². The number of nitrogens with zero attached hydrogens (tertiary/aromatic N) is 1. The molecule has 0 unspecified atom stereocenters. The highest BCUT2D eigenvalue weighted by Crippen LogP contribution is 2.37. The Morgan fingerprint density at radius 2 is 1.87 bits per heavy atom. The minimum atomic E-state index is -0.330. The lowest BCUT2D eigenvalue weighted by atomic mass is 10.0. The van der Waals surface area contributed by atoms with E-state index in [1.54, 1.807) is 37.3 Å². The summed E-state index contributed by atoms with van der Waals surface area (Å²) in [5.41, 5.74) is 1.41. The van der Waals surface area contributed by atoms with Crippen molar-refractivity contribution < 1.29 is 28.5 Å². The maximum Gasteiger partial charge on any atom is 0.251 e. The third-order valence-electron chi connectivity index (χ3n) is 5.40. The Balaban J connectivity index is 1.41. The molecule has 158 valence electrons. The quantitative estimate of drug-likeness (QED) is 0.785. The van der Waals surface area contributed by atoms with Gasteiger partial charge in [-0.05, 0) is 48.7 Å². The smallest absolute Gasteiger partial charge is 0.251 e. The number of methoxy groups -OCH3 is 2. The normalized spacial score (nSPS) is 17.0. The van der Waals surface area contributed by atoms with Gasteiger partial charge in [0.05, 0.1) is 26.8 Å². The molecule has 1 saturated heterocycles. The van der Waals surface area contributed by atoms with Crippen LogP contribution in [0.4, 0.5) is 0 Å². The summed E-state index contributed by atoms with van der Waals surface area (Å²) in [7, 11) is 3.18. The second-order valence-electron chi connectivity index (χ2n) is 7.11. The van der Waals surface area contributed by atoms with E-state index in [0.29, 0.717) is 35.1 Å². The number of benzene rings is 2. The minimum Gasteiger partial charge on any atom is -0.493 e. The lowest BCUT2D eigenvalue weighted by Crippen LogP contribution is -2.39. The Morgan fingerprint density at radius 1 is 1.07 bits per heavy atom. The predicted octanol–water partition coefficient (Wildman–Crippen LogP) is 2.53. The molecule has 2 aromatic rings. The molecule has 1 atom stereocenters. The van der Waals surface area contributed by atoms with Gasteiger partial charge in [-0.1, -0.05) is 6.07 Å². The molecule has 4 rings (SSSR count). The third-order valence-corrected chi connectivity index (χ3v) is 5.40. The Labute approximate surface area is 174 Å². The van der Waals surface area contributed by atoms with Crippen LogP contribution in [0.3, 0.4) is 0 Å². The van der Waals surface area contributed by atoms with Gasteiger partial charge in [0.2, 0.25) is 12.7 Å². The SMILES string of the molecule is COc1ccc([C@@H]2CCCN2C(=O)CNC(=O)c2ccc3c(c2)OCO3)cc1OC. The molecular formula is C22H24N2O6. The molecule has 30 heavy (non-hydrogen) atoms. The molecule has 2 heterocycles. The maximum absolute atomic E-state index is 12.8. The van der Waals surface area contributed by atoms with Crippen molar-refractivity contribution in [2.24, 2.45) is 0 Å². The average molecular weight is 412 g/mol. The summed E-state index contributed by atoms with van der Waals surface area (Å²) in [5.74, 6) is 1.96. The maximum atomic E-state index is 12.8. The van der Waals surface area contributed by atoms with E-state index in [1.807, 2.05) is 18.2 Å². The van der Waals surface area contributed by atoms with Crippen LogP contribution in [-0.2, 0) is 4.79 Å². The molecule has 8 nitrogen and oxygen atoms in total. The van der Waals surface area contributed by atoms with Crippen molar-refractivity contribution >= 4 is 11.8 Å². The summed E-state index contributed by atoms with van der Waals surface area (Å²) in [6.07, 6.45) is 1.76. The molecule has 1 N–H and O–H groups in total. The molecule has 0 saturated carbocycles. The van der Waals surface area contributed by atoms with Crippen molar-refractivity contribution in [2.45, 2.75) is 18.9 Å².